The highest BCUT2D eigenvalue weighted by Gasteiger charge is 2.49. The molecular weight excluding hydrogens is 320 g/mol. The van der Waals surface area contributed by atoms with Crippen LogP contribution in [0.5, 0.6) is 0 Å². The fraction of sp³-hybridized carbons (Fsp3) is 0.278. The lowest BCUT2D eigenvalue weighted by molar-refractivity contribution is 0.0345. The van der Waals surface area contributed by atoms with E-state index in [1.807, 2.05) is 18.2 Å². The number of nitrogens with two attached hydrogens (primary N) is 1. The number of hydrogen-bond donors (Lipinski definition) is 3. The predicted octanol–water partition coefficient (Wildman–Crippen LogP) is 2.66. The molecule has 0 spiro atoms. The molecule has 1 aromatic heterocycles. The topological polar surface area (TPSA) is 83.1 Å². The standard InChI is InChI=1S/C18H18N4OS/c1-10-7-8-13(24-10)14-12(9-19)17(20)23-18-15(14)16(21-22-18)11-5-3-2-4-6-11/h2-8,14-16,18,21-22H,20H2,1H3. The lowest BCUT2D eigenvalue weighted by Crippen LogP contribution is -2.40. The summed E-state index contributed by atoms with van der Waals surface area (Å²) >= 11 is 1.71. The Labute approximate surface area is 144 Å². The van der Waals surface area contributed by atoms with Gasteiger partial charge in [0.1, 0.15) is 6.07 Å². The lowest BCUT2D eigenvalue weighted by Gasteiger charge is -2.35. The fourth-order valence-corrected chi connectivity index (χ4v) is 4.65. The maximum atomic E-state index is 9.67. The Morgan fingerprint density at radius 3 is 2.62 bits per heavy atom. The molecule has 6 heteroatoms. The number of nitrogens with zero attached hydrogens (tertiary/aromatic N) is 1. The van der Waals surface area contributed by atoms with Gasteiger partial charge >= 0.3 is 0 Å². The van der Waals surface area contributed by atoms with Gasteiger partial charge in [0.05, 0.1) is 11.6 Å². The first-order chi connectivity index (χ1) is 11.7. The Hall–Kier alpha value is -2.33. The zero-order chi connectivity index (χ0) is 16.7. The highest BCUT2D eigenvalue weighted by molar-refractivity contribution is 7.12. The second-order valence-electron chi connectivity index (χ2n) is 6.11. The van der Waals surface area contributed by atoms with Gasteiger partial charge in [-0.25, -0.2) is 10.9 Å². The van der Waals surface area contributed by atoms with E-state index in [2.05, 4.69) is 48.1 Å². The third-order valence-corrected chi connectivity index (χ3v) is 5.76. The first-order valence-corrected chi connectivity index (χ1v) is 8.69. The van der Waals surface area contributed by atoms with Gasteiger partial charge in [0.2, 0.25) is 5.88 Å². The average Bonchev–Trinajstić information content (AvgIpc) is 3.20. The largest absolute Gasteiger partial charge is 0.458 e. The summed E-state index contributed by atoms with van der Waals surface area (Å²) in [5.41, 5.74) is 14.2. The van der Waals surface area contributed by atoms with Gasteiger partial charge in [0.15, 0.2) is 6.23 Å². The van der Waals surface area contributed by atoms with Crippen LogP contribution in [0.2, 0.25) is 0 Å². The van der Waals surface area contributed by atoms with Crippen molar-refractivity contribution in [1.82, 2.24) is 10.9 Å². The van der Waals surface area contributed by atoms with E-state index in [1.54, 1.807) is 11.3 Å². The van der Waals surface area contributed by atoms with Crippen LogP contribution >= 0.6 is 11.3 Å². The van der Waals surface area contributed by atoms with Crippen molar-refractivity contribution >= 4 is 11.3 Å². The number of hydrogen-bond acceptors (Lipinski definition) is 6. The highest BCUT2D eigenvalue weighted by Crippen LogP contribution is 2.48. The van der Waals surface area contributed by atoms with Gasteiger partial charge in [0.25, 0.3) is 0 Å². The van der Waals surface area contributed by atoms with Gasteiger partial charge in [-0.15, -0.1) is 11.3 Å². The maximum Gasteiger partial charge on any atom is 0.200 e. The SMILES string of the molecule is Cc1ccc(C2C(C#N)=C(N)OC3NNC(c4ccccc4)C32)s1. The van der Waals surface area contributed by atoms with Crippen molar-refractivity contribution in [3.05, 3.63) is 69.2 Å². The number of ether oxygens (including phenoxy) is 1. The Morgan fingerprint density at radius 2 is 1.96 bits per heavy atom. The van der Waals surface area contributed by atoms with E-state index in [0.717, 1.165) is 10.4 Å². The van der Waals surface area contributed by atoms with Crippen LogP contribution in [0.25, 0.3) is 0 Å². The Kier molecular flexibility index (Phi) is 3.77. The van der Waals surface area contributed by atoms with Gasteiger partial charge in [-0.2, -0.15) is 5.26 Å². The number of allylic oxidation sites excluding steroid dienone is 1. The lowest BCUT2D eigenvalue weighted by atomic mass is 9.77. The number of fused-ring (bicyclic) bond motifs is 1. The number of hydrazine groups is 1. The van der Waals surface area contributed by atoms with Crippen LogP contribution in [0.15, 0.2) is 53.9 Å². The van der Waals surface area contributed by atoms with E-state index in [0.29, 0.717) is 5.57 Å². The van der Waals surface area contributed by atoms with Crippen molar-refractivity contribution in [2.45, 2.75) is 25.1 Å². The summed E-state index contributed by atoms with van der Waals surface area (Å²) in [5.74, 6) is 0.186. The third-order valence-electron chi connectivity index (χ3n) is 4.68. The van der Waals surface area contributed by atoms with Crippen LogP contribution in [-0.2, 0) is 4.74 Å². The second-order valence-corrected chi connectivity index (χ2v) is 7.43. The normalized spacial score (nSPS) is 29.0. The summed E-state index contributed by atoms with van der Waals surface area (Å²) in [7, 11) is 0. The maximum absolute atomic E-state index is 9.67. The molecule has 0 amide bonds. The first-order valence-electron chi connectivity index (χ1n) is 7.88. The molecule has 0 saturated carbocycles. The van der Waals surface area contributed by atoms with E-state index in [-0.39, 0.29) is 30.0 Å². The van der Waals surface area contributed by atoms with Crippen LogP contribution in [0.4, 0.5) is 0 Å². The minimum atomic E-state index is -0.264. The number of nitriles is 1. The zero-order valence-electron chi connectivity index (χ0n) is 13.2. The average molecular weight is 338 g/mol. The molecule has 1 aromatic carbocycles. The Balaban J connectivity index is 1.82. The van der Waals surface area contributed by atoms with Crippen LogP contribution < -0.4 is 16.6 Å². The number of nitrogens with one attached hydrogen (secondary N) is 2. The summed E-state index contributed by atoms with van der Waals surface area (Å²) in [6, 6.07) is 16.7. The number of aryl methyl sites for hydroxylation is 1. The van der Waals surface area contributed by atoms with E-state index in [1.165, 1.54) is 4.88 Å². The molecule has 3 heterocycles. The molecule has 1 saturated heterocycles. The summed E-state index contributed by atoms with van der Waals surface area (Å²) in [4.78, 5) is 2.37. The molecule has 122 valence electrons. The van der Waals surface area contributed by atoms with Crippen molar-refractivity contribution in [1.29, 1.82) is 5.26 Å². The summed E-state index contributed by atoms with van der Waals surface area (Å²) in [6.07, 6.45) is -0.264. The molecule has 4 atom stereocenters. The number of rotatable bonds is 2. The molecule has 4 rings (SSSR count). The molecule has 24 heavy (non-hydrogen) atoms. The number of benzene rings is 1. The quantitative estimate of drug-likeness (QED) is 0.784. The fourth-order valence-electron chi connectivity index (χ4n) is 3.60. The molecule has 2 aliphatic heterocycles. The minimum Gasteiger partial charge on any atom is -0.458 e. The van der Waals surface area contributed by atoms with E-state index < -0.39 is 0 Å². The molecule has 2 aliphatic rings. The van der Waals surface area contributed by atoms with Gasteiger partial charge in [0, 0.05) is 21.6 Å². The zero-order valence-corrected chi connectivity index (χ0v) is 14.0. The molecule has 1 fully saturated rings. The van der Waals surface area contributed by atoms with Crippen LogP contribution in [0.1, 0.15) is 27.3 Å². The molecule has 0 radical (unpaired) electrons. The third kappa shape index (κ3) is 2.38. The molecule has 0 bridgehead atoms. The number of thiophene rings is 1. The van der Waals surface area contributed by atoms with Crippen molar-refractivity contribution < 1.29 is 4.74 Å². The highest BCUT2D eigenvalue weighted by atomic mass is 32.1. The van der Waals surface area contributed by atoms with Crippen molar-refractivity contribution in [2.24, 2.45) is 11.7 Å². The van der Waals surface area contributed by atoms with Crippen LogP contribution in [0, 0.1) is 24.2 Å². The van der Waals surface area contributed by atoms with E-state index in [9.17, 15) is 5.26 Å². The molecule has 4 unspecified atom stereocenters. The molecular formula is C18H18N4OS. The van der Waals surface area contributed by atoms with Gasteiger partial charge < -0.3 is 10.5 Å². The first kappa shape index (κ1) is 15.2. The second kappa shape index (κ2) is 5.95. The van der Waals surface area contributed by atoms with Crippen molar-refractivity contribution in [2.75, 3.05) is 0 Å². The predicted molar refractivity (Wildman–Crippen MR) is 92.4 cm³/mol. The monoisotopic (exact) mass is 338 g/mol. The molecule has 4 N–H and O–H groups in total. The minimum absolute atomic E-state index is 0.0417. The van der Waals surface area contributed by atoms with E-state index in [4.69, 9.17) is 10.5 Å². The Bertz CT molecular complexity index is 823. The molecule has 2 aromatic rings. The Morgan fingerprint density at radius 1 is 1.17 bits per heavy atom. The summed E-state index contributed by atoms with van der Waals surface area (Å²) in [6.45, 7) is 2.07. The smallest absolute Gasteiger partial charge is 0.200 e. The summed E-state index contributed by atoms with van der Waals surface area (Å²) in [5, 5.41) is 9.67. The van der Waals surface area contributed by atoms with Gasteiger partial charge in [-0.1, -0.05) is 30.3 Å². The van der Waals surface area contributed by atoms with Gasteiger partial charge in [-0.05, 0) is 24.6 Å². The van der Waals surface area contributed by atoms with Crippen molar-refractivity contribution in [3.8, 4) is 6.07 Å². The van der Waals surface area contributed by atoms with Crippen LogP contribution in [0.3, 0.4) is 0 Å². The molecule has 0 aliphatic carbocycles. The molecule has 5 nitrogen and oxygen atoms in total. The summed E-state index contributed by atoms with van der Waals surface area (Å²) < 4.78 is 5.79. The van der Waals surface area contributed by atoms with Gasteiger partial charge in [-0.3, -0.25) is 0 Å². The van der Waals surface area contributed by atoms with E-state index >= 15 is 0 Å². The van der Waals surface area contributed by atoms with Crippen LogP contribution in [-0.4, -0.2) is 6.23 Å². The van der Waals surface area contributed by atoms with Crippen molar-refractivity contribution in [3.63, 3.8) is 0 Å².